The number of nitrogens with zero attached hydrogens (tertiary/aromatic N) is 2. The molecule has 1 saturated heterocycles. The minimum absolute atomic E-state index is 0.00520. The van der Waals surface area contributed by atoms with Gasteiger partial charge in [-0.2, -0.15) is 0 Å². The minimum Gasteiger partial charge on any atom is -0.497 e. The number of benzene rings is 2. The van der Waals surface area contributed by atoms with E-state index in [9.17, 15) is 9.59 Å². The Morgan fingerprint density at radius 2 is 1.81 bits per heavy atom. The van der Waals surface area contributed by atoms with Crippen LogP contribution < -0.4 is 14.8 Å². The van der Waals surface area contributed by atoms with Crippen LogP contribution >= 0.6 is 0 Å². The van der Waals surface area contributed by atoms with E-state index in [1.54, 1.807) is 19.1 Å². The third kappa shape index (κ3) is 6.21. The normalized spacial score (nSPS) is 14.7. The van der Waals surface area contributed by atoms with Crippen molar-refractivity contribution in [3.63, 3.8) is 0 Å². The van der Waals surface area contributed by atoms with Gasteiger partial charge >= 0.3 is 0 Å². The molecule has 7 nitrogen and oxygen atoms in total. The predicted molar refractivity (Wildman–Crippen MR) is 120 cm³/mol. The van der Waals surface area contributed by atoms with Crippen molar-refractivity contribution in [1.29, 1.82) is 0 Å². The second-order valence-electron chi connectivity index (χ2n) is 7.84. The third-order valence-electron chi connectivity index (χ3n) is 5.66. The number of likely N-dealkylation sites (tertiary alicyclic amines) is 1. The summed E-state index contributed by atoms with van der Waals surface area (Å²) in [6.07, 6.45) is 1.46. The van der Waals surface area contributed by atoms with Crippen molar-refractivity contribution in [2.75, 3.05) is 46.2 Å². The molecule has 0 aromatic heterocycles. The second-order valence-corrected chi connectivity index (χ2v) is 7.84. The average molecular weight is 426 g/mol. The molecule has 0 unspecified atom stereocenters. The summed E-state index contributed by atoms with van der Waals surface area (Å²) < 4.78 is 10.5. The molecule has 0 radical (unpaired) electrons. The molecule has 0 saturated carbocycles. The van der Waals surface area contributed by atoms with Crippen LogP contribution in [0.25, 0.3) is 0 Å². The lowest BCUT2D eigenvalue weighted by atomic mass is 9.95. The fraction of sp³-hybridized carbons (Fsp3) is 0.417. The fourth-order valence-electron chi connectivity index (χ4n) is 3.78. The molecule has 2 aromatic rings. The average Bonchev–Trinajstić information content (AvgIpc) is 2.80. The molecular formula is C24H31N3O4. The zero-order valence-corrected chi connectivity index (χ0v) is 18.5. The number of piperidine rings is 1. The highest BCUT2D eigenvalue weighted by Gasteiger charge is 2.27. The van der Waals surface area contributed by atoms with E-state index in [1.807, 2.05) is 55.6 Å². The molecule has 166 valence electrons. The number of nitrogens with one attached hydrogen (secondary N) is 1. The van der Waals surface area contributed by atoms with Gasteiger partial charge in [0.05, 0.1) is 26.5 Å². The first-order valence-corrected chi connectivity index (χ1v) is 10.5. The lowest BCUT2D eigenvalue weighted by Gasteiger charge is -2.32. The van der Waals surface area contributed by atoms with Crippen LogP contribution in [0.2, 0.25) is 0 Å². The SMILES string of the molecule is COc1cccc(CN(C)C(=O)CN2CCC(C(=O)Nc3ccccc3OC)CC2)c1. The van der Waals surface area contributed by atoms with Crippen molar-refractivity contribution in [3.05, 3.63) is 54.1 Å². The van der Waals surface area contributed by atoms with Crippen molar-refractivity contribution in [2.45, 2.75) is 19.4 Å². The maximum atomic E-state index is 12.7. The van der Waals surface area contributed by atoms with Crippen molar-refractivity contribution in [2.24, 2.45) is 5.92 Å². The molecule has 0 atom stereocenters. The number of carbonyl (C=O) groups is 2. The smallest absolute Gasteiger partial charge is 0.236 e. The van der Waals surface area contributed by atoms with Crippen LogP contribution in [0, 0.1) is 5.92 Å². The van der Waals surface area contributed by atoms with Crippen molar-refractivity contribution >= 4 is 17.5 Å². The first-order valence-electron chi connectivity index (χ1n) is 10.5. The molecular weight excluding hydrogens is 394 g/mol. The van der Waals surface area contributed by atoms with E-state index < -0.39 is 0 Å². The number of methoxy groups -OCH3 is 2. The van der Waals surface area contributed by atoms with Crippen LogP contribution in [0.1, 0.15) is 18.4 Å². The summed E-state index contributed by atoms with van der Waals surface area (Å²) in [4.78, 5) is 29.2. The highest BCUT2D eigenvalue weighted by atomic mass is 16.5. The molecule has 2 amide bonds. The summed E-state index contributed by atoms with van der Waals surface area (Å²) in [5.41, 5.74) is 1.72. The molecule has 0 spiro atoms. The number of para-hydroxylation sites is 2. The first kappa shape index (κ1) is 22.6. The maximum Gasteiger partial charge on any atom is 0.236 e. The summed E-state index contributed by atoms with van der Waals surface area (Å²) in [5, 5.41) is 2.97. The van der Waals surface area contributed by atoms with Gasteiger partial charge in [-0.05, 0) is 55.8 Å². The van der Waals surface area contributed by atoms with Crippen molar-refractivity contribution in [3.8, 4) is 11.5 Å². The van der Waals surface area contributed by atoms with Crippen LogP contribution in [0.5, 0.6) is 11.5 Å². The van der Waals surface area contributed by atoms with Gasteiger partial charge in [0, 0.05) is 19.5 Å². The van der Waals surface area contributed by atoms with Gasteiger partial charge in [0.2, 0.25) is 11.8 Å². The van der Waals surface area contributed by atoms with Gasteiger partial charge in [-0.25, -0.2) is 0 Å². The van der Waals surface area contributed by atoms with Crippen LogP contribution in [0.15, 0.2) is 48.5 Å². The van der Waals surface area contributed by atoms with E-state index in [-0.39, 0.29) is 17.7 Å². The summed E-state index contributed by atoms with van der Waals surface area (Å²) in [6, 6.07) is 15.1. The topological polar surface area (TPSA) is 71.1 Å². The molecule has 1 N–H and O–H groups in total. The Labute approximate surface area is 183 Å². The Morgan fingerprint density at radius 1 is 1.06 bits per heavy atom. The van der Waals surface area contributed by atoms with Crippen LogP contribution in [0.4, 0.5) is 5.69 Å². The molecule has 31 heavy (non-hydrogen) atoms. The van der Waals surface area contributed by atoms with Gasteiger partial charge in [-0.3, -0.25) is 14.5 Å². The highest BCUT2D eigenvalue weighted by molar-refractivity contribution is 5.94. The van der Waals surface area contributed by atoms with Gasteiger partial charge in [-0.1, -0.05) is 24.3 Å². The fourth-order valence-corrected chi connectivity index (χ4v) is 3.78. The standard InChI is InChI=1S/C24H31N3O4/c1-26(16-18-7-6-8-20(15-18)30-2)23(28)17-27-13-11-19(12-14-27)24(29)25-21-9-4-5-10-22(21)31-3/h4-10,15,19H,11-14,16-17H2,1-3H3,(H,25,29). The van der Waals surface area contributed by atoms with Gasteiger partial charge < -0.3 is 19.7 Å². The minimum atomic E-state index is -0.0641. The molecule has 7 heteroatoms. The van der Waals surface area contributed by atoms with Gasteiger partial charge in [0.1, 0.15) is 11.5 Å². The van der Waals surface area contributed by atoms with E-state index in [0.717, 1.165) is 37.2 Å². The van der Waals surface area contributed by atoms with E-state index in [1.165, 1.54) is 0 Å². The second kappa shape index (κ2) is 10.8. The Bertz CT molecular complexity index is 894. The first-order chi connectivity index (χ1) is 15.0. The Hall–Kier alpha value is -3.06. The van der Waals surface area contributed by atoms with Crippen molar-refractivity contribution < 1.29 is 19.1 Å². The van der Waals surface area contributed by atoms with Crippen molar-refractivity contribution in [1.82, 2.24) is 9.80 Å². The number of likely N-dealkylation sites (N-methyl/N-ethyl adjacent to an activating group) is 1. The van der Waals surface area contributed by atoms with Crippen LogP contribution in [-0.2, 0) is 16.1 Å². The summed E-state index contributed by atoms with van der Waals surface area (Å²) in [6.45, 7) is 2.35. The number of rotatable bonds is 8. The van der Waals surface area contributed by atoms with Crippen LogP contribution in [-0.4, -0.2) is 62.5 Å². The van der Waals surface area contributed by atoms with Crippen LogP contribution in [0.3, 0.4) is 0 Å². The number of anilines is 1. The number of ether oxygens (including phenoxy) is 2. The third-order valence-corrected chi connectivity index (χ3v) is 5.66. The molecule has 1 aliphatic rings. The highest BCUT2D eigenvalue weighted by Crippen LogP contribution is 2.25. The van der Waals surface area contributed by atoms with E-state index in [0.29, 0.717) is 24.5 Å². The number of hydrogen-bond acceptors (Lipinski definition) is 5. The molecule has 0 aliphatic carbocycles. The number of amides is 2. The Balaban J connectivity index is 1.45. The van der Waals surface area contributed by atoms with E-state index in [4.69, 9.17) is 9.47 Å². The Kier molecular flexibility index (Phi) is 7.89. The zero-order valence-electron chi connectivity index (χ0n) is 18.5. The molecule has 0 bridgehead atoms. The quantitative estimate of drug-likeness (QED) is 0.704. The lowest BCUT2D eigenvalue weighted by Crippen LogP contribution is -2.43. The molecule has 3 rings (SSSR count). The van der Waals surface area contributed by atoms with E-state index >= 15 is 0 Å². The molecule has 1 fully saturated rings. The maximum absolute atomic E-state index is 12.7. The summed E-state index contributed by atoms with van der Waals surface area (Å²) >= 11 is 0. The van der Waals surface area contributed by atoms with Gasteiger partial charge in [0.15, 0.2) is 0 Å². The Morgan fingerprint density at radius 3 is 2.52 bits per heavy atom. The zero-order chi connectivity index (χ0) is 22.2. The predicted octanol–water partition coefficient (Wildman–Crippen LogP) is 3.01. The molecule has 1 heterocycles. The molecule has 1 aliphatic heterocycles. The van der Waals surface area contributed by atoms with Gasteiger partial charge in [0.25, 0.3) is 0 Å². The number of hydrogen-bond donors (Lipinski definition) is 1. The summed E-state index contributed by atoms with van der Waals surface area (Å²) in [7, 11) is 5.04. The monoisotopic (exact) mass is 425 g/mol. The van der Waals surface area contributed by atoms with Gasteiger partial charge in [-0.15, -0.1) is 0 Å². The summed E-state index contributed by atoms with van der Waals surface area (Å²) in [5.74, 6) is 1.45. The molecule has 2 aromatic carbocycles. The largest absolute Gasteiger partial charge is 0.497 e. The number of carbonyl (C=O) groups excluding carboxylic acids is 2. The lowest BCUT2D eigenvalue weighted by molar-refractivity contribution is -0.132. The van der Waals surface area contributed by atoms with E-state index in [2.05, 4.69) is 10.2 Å².